The highest BCUT2D eigenvalue weighted by Crippen LogP contribution is 2.20. The molecule has 0 aliphatic rings. The lowest BCUT2D eigenvalue weighted by Gasteiger charge is -2.11. The van der Waals surface area contributed by atoms with E-state index in [9.17, 15) is 9.18 Å². The summed E-state index contributed by atoms with van der Waals surface area (Å²) in [6.45, 7) is 0.445. The van der Waals surface area contributed by atoms with Gasteiger partial charge in [0.05, 0.1) is 11.9 Å². The van der Waals surface area contributed by atoms with Crippen molar-refractivity contribution in [3.05, 3.63) is 56.7 Å². The Kier molecular flexibility index (Phi) is 5.03. The topological polar surface area (TPSA) is 57.8 Å². The molecule has 0 unspecified atom stereocenters. The Hall–Kier alpha value is -1.53. The highest BCUT2D eigenvalue weighted by Gasteiger charge is 2.07. The molecular weight excluding hydrogens is 301 g/mol. The predicted molar refractivity (Wildman–Crippen MR) is 80.8 cm³/mol. The zero-order valence-corrected chi connectivity index (χ0v) is 12.3. The number of hydrogen-bond donors (Lipinski definition) is 2. The van der Waals surface area contributed by atoms with Gasteiger partial charge in [0.2, 0.25) is 0 Å². The summed E-state index contributed by atoms with van der Waals surface area (Å²) in [6.07, 6.45) is 3.40. The molecule has 0 spiro atoms. The zero-order valence-electron chi connectivity index (χ0n) is 10.7. The molecule has 1 heterocycles. The zero-order chi connectivity index (χ0) is 14.5. The number of aromatic amines is 1. The number of nitrogens with one attached hydrogen (secondary N) is 2. The van der Waals surface area contributed by atoms with Gasteiger partial charge in [0.1, 0.15) is 10.8 Å². The third kappa shape index (κ3) is 3.52. The van der Waals surface area contributed by atoms with Crippen LogP contribution >= 0.6 is 23.4 Å². The molecule has 0 amide bonds. The van der Waals surface area contributed by atoms with E-state index in [-0.39, 0.29) is 10.8 Å². The first-order chi connectivity index (χ1) is 9.61. The van der Waals surface area contributed by atoms with Gasteiger partial charge in [0, 0.05) is 12.3 Å². The summed E-state index contributed by atoms with van der Waals surface area (Å²) < 4.78 is 13.2. The maximum Gasteiger partial charge on any atom is 0.285 e. The van der Waals surface area contributed by atoms with E-state index >= 15 is 0 Å². The normalized spacial score (nSPS) is 10.6. The number of nitrogens with zero attached hydrogens (tertiary/aromatic N) is 1. The van der Waals surface area contributed by atoms with Gasteiger partial charge in [-0.25, -0.2) is 9.49 Å². The molecule has 106 valence electrons. The molecule has 0 atom stereocenters. The number of rotatable bonds is 5. The minimum Gasteiger partial charge on any atom is -0.378 e. The molecule has 0 aliphatic carbocycles. The van der Waals surface area contributed by atoms with E-state index < -0.39 is 5.56 Å². The molecule has 0 bridgehead atoms. The number of anilines is 1. The number of halogens is 2. The Morgan fingerprint density at radius 1 is 1.45 bits per heavy atom. The minimum atomic E-state index is -0.444. The number of thioether (sulfide) groups is 1. The summed E-state index contributed by atoms with van der Waals surface area (Å²) in [5.74, 6) is 0.463. The van der Waals surface area contributed by atoms with Crippen LogP contribution in [0.2, 0.25) is 5.02 Å². The fraction of sp³-hybridized carbons (Fsp3) is 0.231. The molecule has 0 fully saturated rings. The van der Waals surface area contributed by atoms with Crippen molar-refractivity contribution in [2.75, 3.05) is 11.6 Å². The lowest BCUT2D eigenvalue weighted by molar-refractivity contribution is 0.625. The quantitative estimate of drug-likeness (QED) is 0.891. The summed E-state index contributed by atoms with van der Waals surface area (Å²) in [4.78, 5) is 11.3. The Morgan fingerprint density at radius 2 is 2.25 bits per heavy atom. The molecule has 20 heavy (non-hydrogen) atoms. The second-order valence-corrected chi connectivity index (χ2v) is 5.37. The van der Waals surface area contributed by atoms with Gasteiger partial charge in [-0.05, 0) is 29.5 Å². The molecule has 2 aromatic rings. The molecule has 2 rings (SSSR count). The van der Waals surface area contributed by atoms with E-state index in [1.807, 2.05) is 6.26 Å². The highest BCUT2D eigenvalue weighted by molar-refractivity contribution is 7.97. The van der Waals surface area contributed by atoms with Crippen molar-refractivity contribution in [1.82, 2.24) is 10.2 Å². The second-order valence-electron chi connectivity index (χ2n) is 4.13. The summed E-state index contributed by atoms with van der Waals surface area (Å²) in [5, 5.41) is 9.03. The Morgan fingerprint density at radius 3 is 3.00 bits per heavy atom. The first-order valence-corrected chi connectivity index (χ1v) is 7.62. The Balaban J connectivity index is 2.18. The molecule has 1 aromatic heterocycles. The van der Waals surface area contributed by atoms with E-state index in [4.69, 9.17) is 11.6 Å². The van der Waals surface area contributed by atoms with Gasteiger partial charge in [-0.1, -0.05) is 17.7 Å². The standard InChI is InChI=1S/C13H13ClFN3OS/c1-20-7-9-4-10(15)3-2-8(9)5-16-11-6-17-18-13(19)12(11)14/h2-4,6H,5,7H2,1H3,(H2,16,18,19). The van der Waals surface area contributed by atoms with Gasteiger partial charge >= 0.3 is 0 Å². The van der Waals surface area contributed by atoms with Crippen molar-refractivity contribution in [2.24, 2.45) is 0 Å². The van der Waals surface area contributed by atoms with Crippen molar-refractivity contribution in [3.63, 3.8) is 0 Å². The number of H-pyrrole nitrogens is 1. The lowest BCUT2D eigenvalue weighted by atomic mass is 10.1. The smallest absolute Gasteiger partial charge is 0.285 e. The molecule has 4 nitrogen and oxygen atoms in total. The maximum absolute atomic E-state index is 13.2. The first kappa shape index (κ1) is 14.9. The fourth-order valence-corrected chi connectivity index (χ4v) is 2.49. The molecule has 1 aromatic carbocycles. The van der Waals surface area contributed by atoms with Gasteiger partial charge < -0.3 is 5.32 Å². The van der Waals surface area contributed by atoms with Crippen LogP contribution in [-0.4, -0.2) is 16.5 Å². The third-order valence-electron chi connectivity index (χ3n) is 2.73. The number of hydrogen-bond acceptors (Lipinski definition) is 4. The largest absolute Gasteiger partial charge is 0.378 e. The van der Waals surface area contributed by atoms with Crippen LogP contribution in [0, 0.1) is 5.82 Å². The van der Waals surface area contributed by atoms with Gasteiger partial charge in [-0.2, -0.15) is 16.9 Å². The van der Waals surface area contributed by atoms with E-state index in [0.717, 1.165) is 16.9 Å². The van der Waals surface area contributed by atoms with Crippen LogP contribution in [0.4, 0.5) is 10.1 Å². The van der Waals surface area contributed by atoms with Crippen LogP contribution in [0.25, 0.3) is 0 Å². The number of benzene rings is 1. The average molecular weight is 314 g/mol. The maximum atomic E-state index is 13.2. The van der Waals surface area contributed by atoms with Gasteiger partial charge in [-0.3, -0.25) is 4.79 Å². The Bertz CT molecular complexity index is 662. The van der Waals surface area contributed by atoms with E-state index in [0.29, 0.717) is 12.2 Å². The van der Waals surface area contributed by atoms with Gasteiger partial charge in [0.25, 0.3) is 5.56 Å². The van der Waals surface area contributed by atoms with Crippen LogP contribution in [-0.2, 0) is 12.3 Å². The molecular formula is C13H13ClFN3OS. The van der Waals surface area contributed by atoms with Crippen molar-refractivity contribution < 1.29 is 4.39 Å². The van der Waals surface area contributed by atoms with Crippen LogP contribution in [0.3, 0.4) is 0 Å². The molecule has 0 radical (unpaired) electrons. The van der Waals surface area contributed by atoms with Crippen LogP contribution in [0.5, 0.6) is 0 Å². The molecule has 2 N–H and O–H groups in total. The molecule has 7 heteroatoms. The summed E-state index contributed by atoms with van der Waals surface area (Å²) in [5.41, 5.74) is 1.88. The first-order valence-electron chi connectivity index (χ1n) is 5.85. The fourth-order valence-electron chi connectivity index (χ4n) is 1.75. The summed E-state index contributed by atoms with van der Waals surface area (Å²) in [6, 6.07) is 4.66. The van der Waals surface area contributed by atoms with E-state index in [2.05, 4.69) is 15.5 Å². The van der Waals surface area contributed by atoms with Crippen LogP contribution in [0.1, 0.15) is 11.1 Å². The van der Waals surface area contributed by atoms with Crippen molar-refractivity contribution in [2.45, 2.75) is 12.3 Å². The summed E-state index contributed by atoms with van der Waals surface area (Å²) >= 11 is 7.49. The Labute approximate surface area is 124 Å². The van der Waals surface area contributed by atoms with Crippen LogP contribution < -0.4 is 10.9 Å². The monoisotopic (exact) mass is 313 g/mol. The van der Waals surface area contributed by atoms with Crippen molar-refractivity contribution in [3.8, 4) is 0 Å². The van der Waals surface area contributed by atoms with Crippen LogP contribution in [0.15, 0.2) is 29.2 Å². The molecule has 0 aliphatic heterocycles. The summed E-state index contributed by atoms with van der Waals surface area (Å²) in [7, 11) is 0. The van der Waals surface area contributed by atoms with E-state index in [1.165, 1.54) is 18.3 Å². The van der Waals surface area contributed by atoms with Crippen molar-refractivity contribution >= 4 is 29.1 Å². The third-order valence-corrected chi connectivity index (χ3v) is 3.71. The number of aromatic nitrogens is 2. The predicted octanol–water partition coefficient (Wildman–Crippen LogP) is 3.04. The SMILES string of the molecule is CSCc1cc(F)ccc1CNc1cn[nH]c(=O)c1Cl. The van der Waals surface area contributed by atoms with E-state index in [1.54, 1.807) is 17.8 Å². The van der Waals surface area contributed by atoms with Crippen molar-refractivity contribution in [1.29, 1.82) is 0 Å². The molecule has 0 saturated heterocycles. The highest BCUT2D eigenvalue weighted by atomic mass is 35.5. The molecule has 0 saturated carbocycles. The average Bonchev–Trinajstić information content (AvgIpc) is 2.42. The van der Waals surface area contributed by atoms with Gasteiger partial charge in [-0.15, -0.1) is 0 Å². The lowest BCUT2D eigenvalue weighted by Crippen LogP contribution is -2.12. The minimum absolute atomic E-state index is 0.0635. The second kappa shape index (κ2) is 6.76. The van der Waals surface area contributed by atoms with Gasteiger partial charge in [0.15, 0.2) is 0 Å².